The van der Waals surface area contributed by atoms with E-state index in [2.05, 4.69) is 22.4 Å². The molecule has 0 fully saturated rings. The molecule has 1 heterocycles. The summed E-state index contributed by atoms with van der Waals surface area (Å²) in [7, 11) is 2.01. The smallest absolute Gasteiger partial charge is 0.328 e. The van der Waals surface area contributed by atoms with Crippen LogP contribution in [0.15, 0.2) is 29.2 Å². The zero-order valence-corrected chi connectivity index (χ0v) is 10.5. The highest BCUT2D eigenvalue weighted by molar-refractivity contribution is 7.09. The number of rotatable bonds is 6. The predicted octanol–water partition coefficient (Wildman–Crippen LogP) is 2.25. The van der Waals surface area contributed by atoms with Gasteiger partial charge in [-0.1, -0.05) is 11.6 Å². The van der Waals surface area contributed by atoms with Crippen LogP contribution in [0.25, 0.3) is 0 Å². The summed E-state index contributed by atoms with van der Waals surface area (Å²) >= 11 is 1.76. The molecule has 1 rings (SSSR count). The van der Waals surface area contributed by atoms with Crippen molar-refractivity contribution in [2.75, 3.05) is 20.1 Å². The third-order valence-electron chi connectivity index (χ3n) is 2.21. The Balaban J connectivity index is 2.30. The molecule has 88 valence electrons. The number of carboxylic acid groups (broad SMARTS) is 1. The Bertz CT molecular complexity index is 357. The maximum atomic E-state index is 10.4. The van der Waals surface area contributed by atoms with Gasteiger partial charge in [-0.2, -0.15) is 0 Å². The lowest BCUT2D eigenvalue weighted by molar-refractivity contribution is -0.131. The first-order valence-electron chi connectivity index (χ1n) is 5.19. The van der Waals surface area contributed by atoms with Gasteiger partial charge in [-0.3, -0.25) is 0 Å². The van der Waals surface area contributed by atoms with E-state index < -0.39 is 5.97 Å². The van der Waals surface area contributed by atoms with Gasteiger partial charge in [-0.25, -0.2) is 4.79 Å². The first-order chi connectivity index (χ1) is 7.58. The van der Waals surface area contributed by atoms with Crippen molar-refractivity contribution in [3.05, 3.63) is 34.0 Å². The lowest BCUT2D eigenvalue weighted by Crippen LogP contribution is -2.23. The van der Waals surface area contributed by atoms with Crippen molar-refractivity contribution >= 4 is 17.3 Å². The minimum absolute atomic E-state index is 0.706. The van der Waals surface area contributed by atoms with E-state index in [1.54, 1.807) is 11.3 Å². The van der Waals surface area contributed by atoms with Crippen molar-refractivity contribution in [2.24, 2.45) is 0 Å². The number of carboxylic acids is 1. The Morgan fingerprint density at radius 2 is 2.38 bits per heavy atom. The van der Waals surface area contributed by atoms with Gasteiger partial charge in [0.05, 0.1) is 0 Å². The first-order valence-corrected chi connectivity index (χ1v) is 6.07. The molecule has 1 aromatic rings. The van der Waals surface area contributed by atoms with E-state index in [4.69, 9.17) is 5.11 Å². The molecule has 0 aliphatic heterocycles. The SMILES string of the molecule is CC(=CC(=O)O)CN(C)CCc1cccs1. The van der Waals surface area contributed by atoms with E-state index in [1.807, 2.05) is 14.0 Å². The molecule has 1 aromatic heterocycles. The predicted molar refractivity (Wildman–Crippen MR) is 66.9 cm³/mol. The molecule has 0 amide bonds. The Morgan fingerprint density at radius 3 is 2.94 bits per heavy atom. The molecule has 0 aromatic carbocycles. The zero-order valence-electron chi connectivity index (χ0n) is 9.64. The number of thiophene rings is 1. The molecule has 0 saturated heterocycles. The van der Waals surface area contributed by atoms with Crippen molar-refractivity contribution < 1.29 is 9.90 Å². The van der Waals surface area contributed by atoms with E-state index in [-0.39, 0.29) is 0 Å². The summed E-state index contributed by atoms with van der Waals surface area (Å²) in [6, 6.07) is 4.17. The number of carbonyl (C=O) groups is 1. The fourth-order valence-electron chi connectivity index (χ4n) is 1.52. The fraction of sp³-hybridized carbons (Fsp3) is 0.417. The molecule has 0 saturated carbocycles. The topological polar surface area (TPSA) is 40.5 Å². The van der Waals surface area contributed by atoms with Crippen LogP contribution < -0.4 is 0 Å². The molecule has 0 radical (unpaired) electrons. The molecule has 0 unspecified atom stereocenters. The average Bonchev–Trinajstić information content (AvgIpc) is 2.65. The summed E-state index contributed by atoms with van der Waals surface area (Å²) in [5.74, 6) is -0.871. The summed E-state index contributed by atoms with van der Waals surface area (Å²) in [5, 5.41) is 10.7. The quantitative estimate of drug-likeness (QED) is 0.774. The highest BCUT2D eigenvalue weighted by Crippen LogP contribution is 2.09. The molecule has 16 heavy (non-hydrogen) atoms. The van der Waals surface area contributed by atoms with Crippen LogP contribution >= 0.6 is 11.3 Å². The van der Waals surface area contributed by atoms with Gasteiger partial charge in [0.15, 0.2) is 0 Å². The Morgan fingerprint density at radius 1 is 1.62 bits per heavy atom. The second-order valence-corrected chi connectivity index (χ2v) is 4.93. The van der Waals surface area contributed by atoms with Crippen LogP contribution in [0.4, 0.5) is 0 Å². The normalized spacial score (nSPS) is 12.1. The summed E-state index contributed by atoms with van der Waals surface area (Å²) in [6.07, 6.45) is 2.29. The van der Waals surface area contributed by atoms with Crippen molar-refractivity contribution in [1.82, 2.24) is 4.90 Å². The van der Waals surface area contributed by atoms with Crippen molar-refractivity contribution in [2.45, 2.75) is 13.3 Å². The van der Waals surface area contributed by atoms with E-state index in [9.17, 15) is 4.79 Å². The molecule has 0 spiro atoms. The van der Waals surface area contributed by atoms with Crippen molar-refractivity contribution in [1.29, 1.82) is 0 Å². The van der Waals surface area contributed by atoms with Crippen LogP contribution in [0.5, 0.6) is 0 Å². The van der Waals surface area contributed by atoms with Crippen LogP contribution in [0.2, 0.25) is 0 Å². The standard InChI is InChI=1S/C12H17NO2S/c1-10(8-12(14)15)9-13(2)6-5-11-4-3-7-16-11/h3-4,7-8H,5-6,9H2,1-2H3,(H,14,15). The summed E-state index contributed by atoms with van der Waals surface area (Å²) in [6.45, 7) is 3.50. The third kappa shape index (κ3) is 5.09. The summed E-state index contributed by atoms with van der Waals surface area (Å²) in [4.78, 5) is 13.9. The number of nitrogens with zero attached hydrogens (tertiary/aromatic N) is 1. The van der Waals surface area contributed by atoms with Gasteiger partial charge in [0.25, 0.3) is 0 Å². The fourth-order valence-corrected chi connectivity index (χ4v) is 2.22. The van der Waals surface area contributed by atoms with E-state index >= 15 is 0 Å². The monoisotopic (exact) mass is 239 g/mol. The number of hydrogen-bond acceptors (Lipinski definition) is 3. The molecule has 1 N–H and O–H groups in total. The van der Waals surface area contributed by atoms with Gasteiger partial charge in [0, 0.05) is 24.0 Å². The Labute approximate surface area is 100 Å². The molecule has 0 atom stereocenters. The van der Waals surface area contributed by atoms with Crippen LogP contribution in [0, 0.1) is 0 Å². The van der Waals surface area contributed by atoms with E-state index in [0.717, 1.165) is 18.5 Å². The van der Waals surface area contributed by atoms with Crippen LogP contribution in [-0.2, 0) is 11.2 Å². The minimum atomic E-state index is -0.871. The van der Waals surface area contributed by atoms with E-state index in [0.29, 0.717) is 6.54 Å². The summed E-state index contributed by atoms with van der Waals surface area (Å²) < 4.78 is 0. The molecule has 0 aliphatic rings. The van der Waals surface area contributed by atoms with Crippen LogP contribution in [0.1, 0.15) is 11.8 Å². The molecular formula is C12H17NO2S. The largest absolute Gasteiger partial charge is 0.478 e. The minimum Gasteiger partial charge on any atom is -0.478 e. The highest BCUT2D eigenvalue weighted by atomic mass is 32.1. The van der Waals surface area contributed by atoms with Crippen LogP contribution in [0.3, 0.4) is 0 Å². The van der Waals surface area contributed by atoms with E-state index in [1.165, 1.54) is 11.0 Å². The highest BCUT2D eigenvalue weighted by Gasteiger charge is 2.02. The average molecular weight is 239 g/mol. The Kier molecular flexibility index (Phi) is 5.22. The van der Waals surface area contributed by atoms with Gasteiger partial charge < -0.3 is 10.0 Å². The van der Waals surface area contributed by atoms with Gasteiger partial charge in [0.1, 0.15) is 0 Å². The summed E-state index contributed by atoms with van der Waals surface area (Å²) in [5.41, 5.74) is 0.876. The van der Waals surface area contributed by atoms with Gasteiger partial charge >= 0.3 is 5.97 Å². The Hall–Kier alpha value is -1.13. The van der Waals surface area contributed by atoms with Gasteiger partial charge in [-0.15, -0.1) is 11.3 Å². The van der Waals surface area contributed by atoms with Crippen molar-refractivity contribution in [3.8, 4) is 0 Å². The molecule has 3 nitrogen and oxygen atoms in total. The molecule has 4 heteroatoms. The van der Waals surface area contributed by atoms with Gasteiger partial charge in [0.2, 0.25) is 0 Å². The second kappa shape index (κ2) is 6.45. The first kappa shape index (κ1) is 12.9. The maximum absolute atomic E-state index is 10.4. The van der Waals surface area contributed by atoms with Crippen molar-refractivity contribution in [3.63, 3.8) is 0 Å². The molecule has 0 bridgehead atoms. The zero-order chi connectivity index (χ0) is 12.0. The number of hydrogen-bond donors (Lipinski definition) is 1. The number of likely N-dealkylation sites (N-methyl/N-ethyl adjacent to an activating group) is 1. The number of aliphatic carboxylic acids is 1. The molecule has 0 aliphatic carbocycles. The molecular weight excluding hydrogens is 222 g/mol. The lowest BCUT2D eigenvalue weighted by Gasteiger charge is -2.16. The third-order valence-corrected chi connectivity index (χ3v) is 3.15. The lowest BCUT2D eigenvalue weighted by atomic mass is 10.2. The maximum Gasteiger partial charge on any atom is 0.328 e. The second-order valence-electron chi connectivity index (χ2n) is 3.90. The van der Waals surface area contributed by atoms with Crippen LogP contribution in [-0.4, -0.2) is 36.1 Å². The van der Waals surface area contributed by atoms with Gasteiger partial charge in [-0.05, 0) is 31.8 Å².